The van der Waals surface area contributed by atoms with E-state index in [0.29, 0.717) is 0 Å². The predicted octanol–water partition coefficient (Wildman–Crippen LogP) is 0.0297. The molecular weight excluding hydrogens is 294 g/mol. The number of benzene rings is 1. The van der Waals surface area contributed by atoms with Crippen molar-refractivity contribution in [2.45, 2.75) is 10.8 Å². The number of amides is 1. The molecule has 0 heterocycles. The summed E-state index contributed by atoms with van der Waals surface area (Å²) < 4.78 is 48.3. The van der Waals surface area contributed by atoms with E-state index < -0.39 is 34.8 Å². The first kappa shape index (κ1) is 16.3. The second-order valence-corrected chi connectivity index (χ2v) is 6.28. The summed E-state index contributed by atoms with van der Waals surface area (Å²) >= 11 is 0. The Kier molecular flexibility index (Phi) is 4.66. The summed E-state index contributed by atoms with van der Waals surface area (Å²) in [6.45, 7) is -2.47. The summed E-state index contributed by atoms with van der Waals surface area (Å²) in [5, 5.41) is 10.3. The highest BCUT2D eigenvalue weighted by Crippen LogP contribution is 2.17. The number of hydrogen-bond acceptors (Lipinski definition) is 5. The quantitative estimate of drug-likeness (QED) is 0.665. The number of sulfone groups is 1. The Labute approximate surface area is 114 Å². The SMILES string of the molecule is CS(=O)(=O)c1cc(N)cc(C(=O)NCC(F)(F)CO)c1. The standard InChI is InChI=1S/C11H14F2N2O4S/c1-20(18,19)9-3-7(2-8(14)4-9)10(17)15-5-11(12,13)6-16/h2-4,16H,5-6,14H2,1H3,(H,15,17). The van der Waals surface area contributed by atoms with Gasteiger partial charge in [-0.1, -0.05) is 0 Å². The van der Waals surface area contributed by atoms with E-state index in [0.717, 1.165) is 18.4 Å². The Bertz CT molecular complexity index is 617. The maximum absolute atomic E-state index is 12.8. The fourth-order valence-corrected chi connectivity index (χ4v) is 2.03. The third kappa shape index (κ3) is 4.42. The molecule has 1 aromatic carbocycles. The van der Waals surface area contributed by atoms with Gasteiger partial charge in [0, 0.05) is 17.5 Å². The van der Waals surface area contributed by atoms with Crippen molar-refractivity contribution in [3.63, 3.8) is 0 Å². The molecule has 0 aliphatic heterocycles. The number of halogens is 2. The second-order valence-electron chi connectivity index (χ2n) is 4.26. The average Bonchev–Trinajstić information content (AvgIpc) is 2.34. The van der Waals surface area contributed by atoms with Gasteiger partial charge in [0.05, 0.1) is 11.4 Å². The van der Waals surface area contributed by atoms with E-state index in [1.807, 2.05) is 5.32 Å². The molecular formula is C11H14F2N2O4S. The fraction of sp³-hybridized carbons (Fsp3) is 0.364. The molecule has 20 heavy (non-hydrogen) atoms. The topological polar surface area (TPSA) is 109 Å². The largest absolute Gasteiger partial charge is 0.399 e. The van der Waals surface area contributed by atoms with E-state index in [-0.39, 0.29) is 16.1 Å². The van der Waals surface area contributed by atoms with Crippen molar-refractivity contribution < 1.29 is 27.1 Å². The van der Waals surface area contributed by atoms with Crippen LogP contribution in [0.3, 0.4) is 0 Å². The molecule has 0 saturated heterocycles. The second kappa shape index (κ2) is 5.71. The molecule has 112 valence electrons. The van der Waals surface area contributed by atoms with E-state index in [1.54, 1.807) is 0 Å². The first-order valence-corrected chi connectivity index (χ1v) is 7.32. The van der Waals surface area contributed by atoms with Gasteiger partial charge in [-0.3, -0.25) is 4.79 Å². The van der Waals surface area contributed by atoms with E-state index in [9.17, 15) is 22.0 Å². The number of rotatable bonds is 5. The zero-order chi connectivity index (χ0) is 15.6. The van der Waals surface area contributed by atoms with Gasteiger partial charge in [-0.2, -0.15) is 0 Å². The van der Waals surface area contributed by atoms with Crippen molar-refractivity contribution in [1.82, 2.24) is 5.32 Å². The van der Waals surface area contributed by atoms with Crippen molar-refractivity contribution in [1.29, 1.82) is 0 Å². The lowest BCUT2D eigenvalue weighted by atomic mass is 10.2. The zero-order valence-corrected chi connectivity index (χ0v) is 11.4. The van der Waals surface area contributed by atoms with Gasteiger partial charge in [-0.15, -0.1) is 0 Å². The molecule has 0 spiro atoms. The third-order valence-electron chi connectivity index (χ3n) is 2.36. The summed E-state index contributed by atoms with van der Waals surface area (Å²) in [6, 6.07) is 3.37. The molecule has 0 atom stereocenters. The molecule has 4 N–H and O–H groups in total. The first-order valence-electron chi connectivity index (χ1n) is 5.43. The molecule has 0 aliphatic rings. The lowest BCUT2D eigenvalue weighted by Gasteiger charge is -2.14. The van der Waals surface area contributed by atoms with Crippen LogP contribution in [0.2, 0.25) is 0 Å². The van der Waals surface area contributed by atoms with Gasteiger partial charge in [-0.25, -0.2) is 17.2 Å². The van der Waals surface area contributed by atoms with Crippen LogP contribution in [0.4, 0.5) is 14.5 Å². The number of nitrogen functional groups attached to an aromatic ring is 1. The van der Waals surface area contributed by atoms with E-state index in [4.69, 9.17) is 10.8 Å². The molecule has 0 radical (unpaired) electrons. The number of carbonyl (C=O) groups excluding carboxylic acids is 1. The van der Waals surface area contributed by atoms with Crippen molar-refractivity contribution in [3.05, 3.63) is 23.8 Å². The fourth-order valence-electron chi connectivity index (χ4n) is 1.33. The minimum absolute atomic E-state index is 0.0204. The maximum atomic E-state index is 12.8. The molecule has 0 bridgehead atoms. The molecule has 0 saturated carbocycles. The Morgan fingerprint density at radius 3 is 2.50 bits per heavy atom. The van der Waals surface area contributed by atoms with Crippen LogP contribution >= 0.6 is 0 Å². The highest BCUT2D eigenvalue weighted by molar-refractivity contribution is 7.90. The first-order chi connectivity index (χ1) is 9.05. The Morgan fingerprint density at radius 1 is 1.40 bits per heavy atom. The smallest absolute Gasteiger partial charge is 0.287 e. The van der Waals surface area contributed by atoms with Gasteiger partial charge < -0.3 is 16.2 Å². The van der Waals surface area contributed by atoms with E-state index >= 15 is 0 Å². The zero-order valence-electron chi connectivity index (χ0n) is 10.6. The molecule has 0 unspecified atom stereocenters. The molecule has 0 aromatic heterocycles. The summed E-state index contributed by atoms with van der Waals surface area (Å²) in [6.07, 6.45) is 0.934. The monoisotopic (exact) mass is 308 g/mol. The van der Waals surface area contributed by atoms with Crippen LogP contribution in [0.1, 0.15) is 10.4 Å². The lowest BCUT2D eigenvalue weighted by Crippen LogP contribution is -2.39. The number of anilines is 1. The van der Waals surface area contributed by atoms with Gasteiger partial charge in [-0.05, 0) is 18.2 Å². The average molecular weight is 308 g/mol. The minimum Gasteiger partial charge on any atom is -0.399 e. The van der Waals surface area contributed by atoms with Gasteiger partial charge in [0.2, 0.25) is 0 Å². The van der Waals surface area contributed by atoms with Crippen molar-refractivity contribution in [2.24, 2.45) is 0 Å². The number of nitrogens with one attached hydrogen (secondary N) is 1. The molecule has 1 rings (SSSR count). The molecule has 6 nitrogen and oxygen atoms in total. The van der Waals surface area contributed by atoms with Crippen LogP contribution in [0.5, 0.6) is 0 Å². The van der Waals surface area contributed by atoms with Gasteiger partial charge in [0.15, 0.2) is 9.84 Å². The van der Waals surface area contributed by atoms with Crippen LogP contribution in [0.15, 0.2) is 23.1 Å². The van der Waals surface area contributed by atoms with Crippen LogP contribution < -0.4 is 11.1 Å². The normalized spacial score (nSPS) is 12.2. The summed E-state index contributed by atoms with van der Waals surface area (Å²) in [7, 11) is -3.58. The summed E-state index contributed by atoms with van der Waals surface area (Å²) in [5.41, 5.74) is 5.34. The van der Waals surface area contributed by atoms with Gasteiger partial charge >= 0.3 is 0 Å². The molecule has 0 fully saturated rings. The predicted molar refractivity (Wildman–Crippen MR) is 68.3 cm³/mol. The van der Waals surface area contributed by atoms with Crippen LogP contribution in [-0.2, 0) is 9.84 Å². The molecule has 1 amide bonds. The van der Waals surface area contributed by atoms with Crippen molar-refractivity contribution in [3.8, 4) is 0 Å². The number of aliphatic hydroxyl groups excluding tert-OH is 1. The number of hydrogen-bond donors (Lipinski definition) is 3. The van der Waals surface area contributed by atoms with Crippen LogP contribution in [0, 0.1) is 0 Å². The van der Waals surface area contributed by atoms with E-state index in [1.165, 1.54) is 6.07 Å². The van der Waals surface area contributed by atoms with Crippen molar-refractivity contribution >= 4 is 21.4 Å². The summed E-state index contributed by atoms with van der Waals surface area (Å²) in [4.78, 5) is 11.5. The Morgan fingerprint density at radius 2 is 2.00 bits per heavy atom. The highest BCUT2D eigenvalue weighted by atomic mass is 32.2. The van der Waals surface area contributed by atoms with Gasteiger partial charge in [0.25, 0.3) is 11.8 Å². The van der Waals surface area contributed by atoms with Crippen LogP contribution in [-0.4, -0.2) is 44.8 Å². The molecule has 1 aromatic rings. The Hall–Kier alpha value is -1.74. The third-order valence-corrected chi connectivity index (χ3v) is 3.45. The highest BCUT2D eigenvalue weighted by Gasteiger charge is 2.28. The Balaban J connectivity index is 2.97. The number of carbonyl (C=O) groups is 1. The minimum atomic E-state index is -3.58. The molecule has 9 heteroatoms. The number of alkyl halides is 2. The van der Waals surface area contributed by atoms with Gasteiger partial charge in [0.1, 0.15) is 6.61 Å². The number of nitrogens with two attached hydrogens (primary N) is 1. The maximum Gasteiger partial charge on any atom is 0.287 e. The lowest BCUT2D eigenvalue weighted by molar-refractivity contribution is -0.0462. The summed E-state index contributed by atoms with van der Waals surface area (Å²) in [5.74, 6) is -4.36. The molecule has 0 aliphatic carbocycles. The van der Waals surface area contributed by atoms with Crippen LogP contribution in [0.25, 0.3) is 0 Å². The van der Waals surface area contributed by atoms with E-state index in [2.05, 4.69) is 0 Å². The van der Waals surface area contributed by atoms with Crippen molar-refractivity contribution in [2.75, 3.05) is 25.1 Å². The number of aliphatic hydroxyl groups is 1.